The third kappa shape index (κ3) is 38.1. The molecule has 2 aliphatic rings. The fourth-order valence-corrected chi connectivity index (χ4v) is 433. The van der Waals surface area contributed by atoms with Gasteiger partial charge in [0.25, 0.3) is 0 Å². The van der Waals surface area contributed by atoms with Crippen LogP contribution < -0.4 is 9.80 Å². The number of nitrogens with zero attached hydrogens (tertiary/aromatic N) is 2. The monoisotopic (exact) mass is 2550 g/mol. The van der Waals surface area contributed by atoms with E-state index >= 15 is 0 Å². The van der Waals surface area contributed by atoms with E-state index in [1.54, 1.807) is 23.3 Å². The number of hydrogen-bond acceptors (Lipinski definition) is 2. The Kier molecular flexibility index (Phi) is 60.0. The maximum absolute atomic E-state index is 13.3. The van der Waals surface area contributed by atoms with Gasteiger partial charge in [-0.1, -0.05) is 318 Å². The van der Waals surface area contributed by atoms with Gasteiger partial charge in [-0.05, 0) is 350 Å². The van der Waals surface area contributed by atoms with Gasteiger partial charge in [0.15, 0.2) is 0 Å². The van der Waals surface area contributed by atoms with Crippen molar-refractivity contribution in [1.82, 2.24) is 0 Å². The maximum Gasteiger partial charge on any atom is 0.416 e. The molecular weight excluding hydrogens is 2410 g/mol. The lowest BCUT2D eigenvalue weighted by molar-refractivity contribution is -0.138. The number of halogens is 6. The molecule has 0 radical (unpaired) electrons. The van der Waals surface area contributed by atoms with Crippen molar-refractivity contribution in [2.45, 2.75) is 195 Å². The zero-order valence-corrected chi connectivity index (χ0v) is 118. The molecule has 20 atom stereocenters. The van der Waals surface area contributed by atoms with E-state index in [1.165, 1.54) is 181 Å². The van der Waals surface area contributed by atoms with Gasteiger partial charge in [0.1, 0.15) is 0 Å². The predicted octanol–water partition coefficient (Wildman–Crippen LogP) is 50.9. The third-order valence-corrected chi connectivity index (χ3v) is 238. The van der Waals surface area contributed by atoms with Gasteiger partial charge >= 0.3 is 12.4 Å². The van der Waals surface area contributed by atoms with Crippen LogP contribution in [0.15, 0.2) is 304 Å². The summed E-state index contributed by atoms with van der Waals surface area (Å²) < 4.78 is 79.6. The van der Waals surface area contributed by atoms with Crippen LogP contribution in [0.4, 0.5) is 60.5 Å². The van der Waals surface area contributed by atoms with Crippen LogP contribution in [0.2, 0.25) is 0 Å². The lowest BCUT2D eigenvalue weighted by Gasteiger charge is -2.53. The summed E-state index contributed by atoms with van der Waals surface area (Å²) in [5.41, 5.74) is 27.4. The average Bonchev–Trinajstić information content (AvgIpc) is 1.56. The first-order valence-corrected chi connectivity index (χ1v) is 106. The first-order chi connectivity index (χ1) is 69.4. The first-order valence-electron chi connectivity index (χ1n) is 48.1. The Labute approximate surface area is 928 Å². The molecule has 146 heavy (non-hydrogen) atoms. The molecule has 20 unspecified atom stereocenters. The molecule has 784 valence electrons. The summed E-state index contributed by atoms with van der Waals surface area (Å²) >= 11 is 0. The second-order valence-electron chi connectivity index (χ2n) is 36.0. The van der Waals surface area contributed by atoms with Crippen molar-refractivity contribution < 1.29 is 26.3 Å². The maximum atomic E-state index is 13.3. The van der Waals surface area contributed by atoms with E-state index in [0.29, 0.717) is 11.4 Å². The lowest BCUT2D eigenvalue weighted by Crippen LogP contribution is -2.31. The minimum absolute atomic E-state index is 0.0135. The highest BCUT2D eigenvalue weighted by molar-refractivity contribution is 9.45. The summed E-state index contributed by atoms with van der Waals surface area (Å²) in [5.74, 6) is 0. The van der Waals surface area contributed by atoms with Crippen LogP contribution in [0.3, 0.4) is 0 Å². The van der Waals surface area contributed by atoms with Gasteiger partial charge in [-0.2, -0.15) is 26.3 Å². The molecule has 40 heteroatoms. The molecule has 0 spiro atoms. The minimum Gasteiger partial charge on any atom is -0.311 e. The van der Waals surface area contributed by atoms with Crippen LogP contribution in [-0.4, -0.2) is 0 Å². The molecule has 0 aliphatic heterocycles. The fourth-order valence-electron chi connectivity index (χ4n) is 18.1. The lowest BCUT2D eigenvalue weighted by atomic mass is 9.69. The van der Waals surface area contributed by atoms with Gasteiger partial charge in [-0.15, -0.1) is 165 Å². The Balaban J connectivity index is 0.000000217. The van der Waals surface area contributed by atoms with Gasteiger partial charge in [0.05, 0.1) is 11.1 Å². The largest absolute Gasteiger partial charge is 0.416 e. The number of allylic oxidation sites excluding steroid dienone is 2. The van der Waals surface area contributed by atoms with Crippen molar-refractivity contribution in [2.75, 3.05) is 9.80 Å². The van der Waals surface area contributed by atoms with E-state index in [1.807, 2.05) is 135 Å². The molecule has 0 fully saturated rings. The summed E-state index contributed by atoms with van der Waals surface area (Å²) in [6.45, 7) is 27.5. The molecule has 0 heterocycles. The molecule has 2 nitrogen and oxygen atoms in total. The van der Waals surface area contributed by atoms with Crippen LogP contribution in [-0.2, 0) is 36.0 Å². The van der Waals surface area contributed by atoms with Crippen molar-refractivity contribution in [3.8, 4) is 33.4 Å². The molecule has 0 saturated heterocycles. The van der Waals surface area contributed by atoms with Gasteiger partial charge in [0.2, 0.25) is 0 Å². The number of rotatable bonds is 39. The molecule has 0 N–H and O–H groups in total. The average molecular weight is 2560 g/mol. The van der Waals surface area contributed by atoms with Crippen molar-refractivity contribution >= 4 is 291 Å². The summed E-state index contributed by atoms with van der Waals surface area (Å²) in [6, 6.07) is 91.6. The fraction of sp³-hybridized carbons (Fsp3) is 0.283. The van der Waals surface area contributed by atoms with Crippen LogP contribution in [0, 0.1) is 41.5 Å². The number of anilines is 6. The number of hydrogen-bond donors (Lipinski definition) is 0. The van der Waals surface area contributed by atoms with Crippen molar-refractivity contribution in [2.24, 2.45) is 0 Å². The zero-order valence-electron chi connectivity index (χ0n) is 85.1. The third-order valence-electron chi connectivity index (χ3n) is 24.7. The van der Waals surface area contributed by atoms with Gasteiger partial charge in [0, 0.05) is 45.0 Å². The first kappa shape index (κ1) is 132. The molecular formula is C106H148F6N2P32. The Morgan fingerprint density at radius 3 is 0.740 bits per heavy atom. The molecule has 12 aromatic rings. The quantitative estimate of drug-likeness (QED) is 0.0164. The minimum atomic E-state index is -4.43. The SMILES string of the molecule is C=CC.C=CC.CCCCCCCCC1(CCCCCCCC)c2cc(C)ccc2-c2ccc(C)cc21.Cc1ccc(N(c2ccc(-c3ccc(N(c4ccc(C)cc4)c4ccc(C(F)(F)F)cc4)cc3)cc2)c2ccc(C(F)(F)F)cc2)cc1.Cc1ccc2c(c1)C(Cc1ccccc1)(Cc1ccccc1)c1cc(C)ccc1-2.PP(P)P(P)P(P(P)P)P(P(P(P)P)P(P)P)P(P(P(P)P)P(P)P)P(P(P)P)P(P)P. The molecule has 12 aromatic carbocycles. The zero-order chi connectivity index (χ0) is 107. The Morgan fingerprint density at radius 1 is 0.267 bits per heavy atom. The van der Waals surface area contributed by atoms with Crippen molar-refractivity contribution in [3.05, 3.63) is 382 Å². The van der Waals surface area contributed by atoms with E-state index in [2.05, 4.69) is 340 Å². The highest BCUT2D eigenvalue weighted by atomic mass is 33.5. The molecule has 0 bridgehead atoms. The molecule has 0 amide bonds. The summed E-state index contributed by atoms with van der Waals surface area (Å²) in [4.78, 5) is 3.80. The van der Waals surface area contributed by atoms with Crippen molar-refractivity contribution in [1.29, 1.82) is 0 Å². The normalized spacial score (nSPS) is 13.4. The second kappa shape index (κ2) is 66.1. The number of fused-ring (bicyclic) bond motifs is 6. The van der Waals surface area contributed by atoms with E-state index in [-0.39, 0.29) is 116 Å². The Hall–Kier alpha value is 3.06. The molecule has 14 rings (SSSR count). The molecule has 0 saturated carbocycles. The standard InChI is InChI=1S/C40H30F6N2.C31H46.C29H26.2C3H6.H34P32/c1-27-3-15-33(16-4-27)47(37-23-11-31(12-24-37)39(41,42)43)35-19-7-29(8-20-35)30-9-21-36(22-10-30)48(34-17-5-28(2)6-18-34)38-25-13-32(14-26-38)40(44,45)46;1-5-7-9-11-13-15-21-31(22-16-14-12-10-8-6-2)29-23-25(3)17-19-27(29)28-20-18-26(4)24-30(28)31;1-21-13-15-25-26-16-14-22(2)18-28(26)29(27(25)17-21,19-23-9-5-3-6-10-23)20-24-11-7-4-8-12-24;2*1-3-2;1-18(2)26(17)30(25(15)16)32(29(23(11)12)24(13)14)31(27(19(3)4)20(5)6)28(21(7)8)22(9)10/h3-26H,1-2H3;17-20,23-24H,5-16,21-22H2,1-4H3;3-18H,19-20H2,1-2H3;2*3H,1H2,2H3;1-17H2. The van der Waals surface area contributed by atoms with E-state index < -0.39 is 23.5 Å². The summed E-state index contributed by atoms with van der Waals surface area (Å²) in [5, 5.41) is 0. The van der Waals surface area contributed by atoms with Crippen LogP contribution >= 0.6 is 257 Å². The predicted molar refractivity (Wildman–Crippen MR) is 742 cm³/mol. The van der Waals surface area contributed by atoms with Gasteiger partial charge in [-0.25, -0.2) is 0 Å². The van der Waals surface area contributed by atoms with E-state index in [9.17, 15) is 26.3 Å². The highest BCUT2D eigenvalue weighted by Gasteiger charge is 2.53. The number of unbranched alkanes of at least 4 members (excludes halogenated alkanes) is 10. The van der Waals surface area contributed by atoms with E-state index in [4.69, 9.17) is 0 Å². The second-order valence-corrected chi connectivity index (χ2v) is 165. The van der Waals surface area contributed by atoms with Crippen LogP contribution in [0.5, 0.6) is 0 Å². The Bertz CT molecular complexity index is 5620. The molecule has 2 aliphatic carbocycles. The van der Waals surface area contributed by atoms with Crippen LogP contribution in [0.25, 0.3) is 33.4 Å². The highest BCUT2D eigenvalue weighted by Crippen LogP contribution is 3.39. The molecule has 0 aromatic heterocycles. The van der Waals surface area contributed by atoms with Gasteiger partial charge in [-0.3, -0.25) is 0 Å². The number of alkyl halides is 6. The number of aryl methyl sites for hydroxylation is 6. The van der Waals surface area contributed by atoms with Crippen molar-refractivity contribution in [3.63, 3.8) is 0 Å². The Morgan fingerprint density at radius 2 is 0.493 bits per heavy atom. The summed E-state index contributed by atoms with van der Waals surface area (Å²) in [6.07, 6.45) is 15.9. The van der Waals surface area contributed by atoms with Crippen LogP contribution in [0.1, 0.15) is 195 Å². The smallest absolute Gasteiger partial charge is 0.311 e. The van der Waals surface area contributed by atoms with Gasteiger partial charge < -0.3 is 9.80 Å². The topological polar surface area (TPSA) is 6.48 Å². The summed E-state index contributed by atoms with van der Waals surface area (Å²) in [7, 11) is 56.3. The van der Waals surface area contributed by atoms with E-state index in [0.717, 1.165) is 82.1 Å². The number of benzene rings is 12.